The van der Waals surface area contributed by atoms with Crippen molar-refractivity contribution in [2.75, 3.05) is 6.54 Å². The van der Waals surface area contributed by atoms with Gasteiger partial charge in [-0.2, -0.15) is 0 Å². The number of benzene rings is 1. The molecule has 0 radical (unpaired) electrons. The maximum atomic E-state index is 11.9. The van der Waals surface area contributed by atoms with E-state index in [0.717, 1.165) is 0 Å². The van der Waals surface area contributed by atoms with Gasteiger partial charge in [0.25, 0.3) is 0 Å². The molecule has 1 atom stereocenters. The summed E-state index contributed by atoms with van der Waals surface area (Å²) in [6, 6.07) is 5.90. The SMILES string of the molecule is NC(=O)NC(CC(=O)NCC1CC1)c1ccccc1Cl. The predicted molar refractivity (Wildman–Crippen MR) is 77.3 cm³/mol. The van der Waals surface area contributed by atoms with Gasteiger partial charge in [0.15, 0.2) is 0 Å². The molecule has 1 fully saturated rings. The normalized spacial score (nSPS) is 15.4. The van der Waals surface area contributed by atoms with E-state index in [-0.39, 0.29) is 12.3 Å². The molecule has 1 saturated carbocycles. The molecule has 2 rings (SSSR count). The summed E-state index contributed by atoms with van der Waals surface area (Å²) in [7, 11) is 0. The summed E-state index contributed by atoms with van der Waals surface area (Å²) in [5.74, 6) is 0.498. The van der Waals surface area contributed by atoms with Gasteiger partial charge in [-0.1, -0.05) is 29.8 Å². The third-order valence-corrected chi connectivity index (χ3v) is 3.62. The number of halogens is 1. The van der Waals surface area contributed by atoms with Crippen LogP contribution in [0.5, 0.6) is 0 Å². The van der Waals surface area contributed by atoms with E-state index in [1.165, 1.54) is 12.8 Å². The fourth-order valence-corrected chi connectivity index (χ4v) is 2.27. The lowest BCUT2D eigenvalue weighted by molar-refractivity contribution is -0.121. The van der Waals surface area contributed by atoms with Gasteiger partial charge in [-0.05, 0) is 30.4 Å². The molecule has 1 unspecified atom stereocenters. The zero-order valence-corrected chi connectivity index (χ0v) is 11.8. The second-order valence-electron chi connectivity index (χ2n) is 5.03. The second-order valence-corrected chi connectivity index (χ2v) is 5.44. The molecule has 0 bridgehead atoms. The number of primary amides is 1. The smallest absolute Gasteiger partial charge is 0.312 e. The molecule has 3 amide bonds. The van der Waals surface area contributed by atoms with E-state index in [4.69, 9.17) is 17.3 Å². The van der Waals surface area contributed by atoms with Crippen LogP contribution in [0.1, 0.15) is 30.9 Å². The molecule has 6 heteroatoms. The van der Waals surface area contributed by atoms with Crippen molar-refractivity contribution < 1.29 is 9.59 Å². The van der Waals surface area contributed by atoms with E-state index in [2.05, 4.69) is 10.6 Å². The first-order valence-electron chi connectivity index (χ1n) is 6.63. The highest BCUT2D eigenvalue weighted by Gasteiger charge is 2.23. The number of nitrogens with two attached hydrogens (primary N) is 1. The van der Waals surface area contributed by atoms with Crippen molar-refractivity contribution in [1.82, 2.24) is 10.6 Å². The number of amides is 3. The first-order valence-corrected chi connectivity index (χ1v) is 7.01. The molecule has 1 aromatic carbocycles. The Hall–Kier alpha value is -1.75. The van der Waals surface area contributed by atoms with E-state index in [9.17, 15) is 9.59 Å². The number of rotatable bonds is 6. The minimum absolute atomic E-state index is 0.115. The molecule has 1 aliphatic rings. The first-order chi connectivity index (χ1) is 9.56. The van der Waals surface area contributed by atoms with Crippen molar-refractivity contribution in [1.29, 1.82) is 0 Å². The van der Waals surface area contributed by atoms with Crippen LogP contribution in [0, 0.1) is 5.92 Å². The zero-order valence-electron chi connectivity index (χ0n) is 11.1. The Morgan fingerprint density at radius 2 is 2.05 bits per heavy atom. The molecular weight excluding hydrogens is 278 g/mol. The highest BCUT2D eigenvalue weighted by Crippen LogP contribution is 2.28. The van der Waals surface area contributed by atoms with Crippen LogP contribution in [0.4, 0.5) is 4.79 Å². The van der Waals surface area contributed by atoms with E-state index in [1.807, 2.05) is 0 Å². The maximum absolute atomic E-state index is 11.9. The summed E-state index contributed by atoms with van der Waals surface area (Å²) in [5, 5.41) is 5.93. The largest absolute Gasteiger partial charge is 0.356 e. The van der Waals surface area contributed by atoms with Gasteiger partial charge in [0.05, 0.1) is 12.5 Å². The second kappa shape index (κ2) is 6.61. The lowest BCUT2D eigenvalue weighted by Gasteiger charge is -2.18. The molecular formula is C14H18ClN3O2. The average Bonchev–Trinajstić information content (AvgIpc) is 3.19. The molecule has 5 nitrogen and oxygen atoms in total. The highest BCUT2D eigenvalue weighted by molar-refractivity contribution is 6.31. The van der Waals surface area contributed by atoms with Crippen LogP contribution < -0.4 is 16.4 Å². The van der Waals surface area contributed by atoms with Gasteiger partial charge < -0.3 is 16.4 Å². The van der Waals surface area contributed by atoms with Gasteiger partial charge in [-0.25, -0.2) is 4.79 Å². The maximum Gasteiger partial charge on any atom is 0.312 e. The molecule has 1 aromatic rings. The lowest BCUT2D eigenvalue weighted by Crippen LogP contribution is -2.37. The summed E-state index contributed by atoms with van der Waals surface area (Å²) < 4.78 is 0. The standard InChI is InChI=1S/C14H18ClN3O2/c15-11-4-2-1-3-10(11)12(18-14(16)20)7-13(19)17-8-9-5-6-9/h1-4,9,12H,5-8H2,(H,17,19)(H3,16,18,20). The van der Waals surface area contributed by atoms with Gasteiger partial charge in [0.1, 0.15) is 0 Å². The number of carbonyl (C=O) groups excluding carboxylic acids is 2. The van der Waals surface area contributed by atoms with Crippen LogP contribution in [-0.2, 0) is 4.79 Å². The Kier molecular flexibility index (Phi) is 4.84. The lowest BCUT2D eigenvalue weighted by atomic mass is 10.0. The Morgan fingerprint density at radius 1 is 1.35 bits per heavy atom. The van der Waals surface area contributed by atoms with Crippen molar-refractivity contribution in [2.24, 2.45) is 11.7 Å². The van der Waals surface area contributed by atoms with E-state index in [1.54, 1.807) is 24.3 Å². The summed E-state index contributed by atoms with van der Waals surface area (Å²) >= 11 is 6.10. The fraction of sp³-hybridized carbons (Fsp3) is 0.429. The third-order valence-electron chi connectivity index (χ3n) is 3.27. The van der Waals surface area contributed by atoms with Gasteiger partial charge in [-0.3, -0.25) is 4.79 Å². The van der Waals surface area contributed by atoms with Crippen LogP contribution >= 0.6 is 11.6 Å². The van der Waals surface area contributed by atoms with Crippen LogP contribution in [0.15, 0.2) is 24.3 Å². The molecule has 20 heavy (non-hydrogen) atoms. The van der Waals surface area contributed by atoms with Crippen molar-refractivity contribution >= 4 is 23.5 Å². The van der Waals surface area contributed by atoms with Crippen LogP contribution in [-0.4, -0.2) is 18.5 Å². The van der Waals surface area contributed by atoms with E-state index >= 15 is 0 Å². The Morgan fingerprint density at radius 3 is 2.65 bits per heavy atom. The van der Waals surface area contributed by atoms with Crippen molar-refractivity contribution in [3.05, 3.63) is 34.9 Å². The van der Waals surface area contributed by atoms with Crippen LogP contribution in [0.3, 0.4) is 0 Å². The predicted octanol–water partition coefficient (Wildman–Crippen LogP) is 1.97. The van der Waals surface area contributed by atoms with Gasteiger partial charge in [0.2, 0.25) is 5.91 Å². The number of hydrogen-bond donors (Lipinski definition) is 3. The monoisotopic (exact) mass is 295 g/mol. The Bertz CT molecular complexity index is 503. The van der Waals surface area contributed by atoms with Gasteiger partial charge in [0, 0.05) is 11.6 Å². The van der Waals surface area contributed by atoms with Crippen LogP contribution in [0.25, 0.3) is 0 Å². The summed E-state index contributed by atoms with van der Waals surface area (Å²) in [5.41, 5.74) is 5.85. The number of nitrogens with one attached hydrogen (secondary N) is 2. The van der Waals surface area contributed by atoms with E-state index in [0.29, 0.717) is 23.0 Å². The number of hydrogen-bond acceptors (Lipinski definition) is 2. The molecule has 4 N–H and O–H groups in total. The van der Waals surface area contributed by atoms with Gasteiger partial charge >= 0.3 is 6.03 Å². The molecule has 0 aromatic heterocycles. The zero-order chi connectivity index (χ0) is 14.5. The molecule has 1 aliphatic carbocycles. The van der Waals surface area contributed by atoms with Crippen molar-refractivity contribution in [3.8, 4) is 0 Å². The van der Waals surface area contributed by atoms with Crippen LogP contribution in [0.2, 0.25) is 5.02 Å². The van der Waals surface area contributed by atoms with Crippen molar-refractivity contribution in [3.63, 3.8) is 0 Å². The minimum Gasteiger partial charge on any atom is -0.356 e. The highest BCUT2D eigenvalue weighted by atomic mass is 35.5. The van der Waals surface area contributed by atoms with E-state index < -0.39 is 12.1 Å². The first kappa shape index (κ1) is 14.7. The molecule has 108 valence electrons. The van der Waals surface area contributed by atoms with Gasteiger partial charge in [-0.15, -0.1) is 0 Å². The average molecular weight is 296 g/mol. The number of urea groups is 1. The fourth-order valence-electron chi connectivity index (χ4n) is 2.01. The summed E-state index contributed by atoms with van der Waals surface area (Å²) in [4.78, 5) is 23.0. The summed E-state index contributed by atoms with van der Waals surface area (Å²) in [6.07, 6.45) is 2.47. The molecule has 0 heterocycles. The van der Waals surface area contributed by atoms with Crippen molar-refractivity contribution in [2.45, 2.75) is 25.3 Å². The summed E-state index contributed by atoms with van der Waals surface area (Å²) in [6.45, 7) is 0.699. The molecule has 0 saturated heterocycles. The Balaban J connectivity index is 2.00. The topological polar surface area (TPSA) is 84.2 Å². The Labute approximate surface area is 122 Å². The molecule has 0 spiro atoms. The quantitative estimate of drug-likeness (QED) is 0.749. The third kappa shape index (κ3) is 4.42. The molecule has 0 aliphatic heterocycles. The minimum atomic E-state index is -0.676. The number of carbonyl (C=O) groups is 2.